The molecular weight excluding hydrogens is 350 g/mol. The van der Waals surface area contributed by atoms with Gasteiger partial charge in [0, 0.05) is 43.1 Å². The molecule has 2 bridgehead atoms. The summed E-state index contributed by atoms with van der Waals surface area (Å²) in [4.78, 5) is 21.9. The Morgan fingerprint density at radius 2 is 1.96 bits per heavy atom. The number of carbonyl (C=O) groups is 1. The maximum absolute atomic E-state index is 13.0. The van der Waals surface area contributed by atoms with Gasteiger partial charge in [-0.05, 0) is 68.5 Å². The van der Waals surface area contributed by atoms with Crippen molar-refractivity contribution in [2.75, 3.05) is 13.1 Å². The molecule has 2 aliphatic heterocycles. The van der Waals surface area contributed by atoms with Gasteiger partial charge in [0.2, 0.25) is 0 Å². The molecule has 1 amide bonds. The lowest BCUT2D eigenvalue weighted by molar-refractivity contribution is 0.0568. The molecule has 2 fully saturated rings. The number of aromatic nitrogens is 1. The average Bonchev–Trinajstić information content (AvgIpc) is 3.32. The zero-order valence-corrected chi connectivity index (χ0v) is 17.1. The number of benzene rings is 1. The Hall–Kier alpha value is -2.40. The number of amides is 1. The number of nitrogens with zero attached hydrogens (tertiary/aromatic N) is 3. The largest absolute Gasteiger partial charge is 0.508 e. The molecule has 3 heterocycles. The van der Waals surface area contributed by atoms with Crippen molar-refractivity contribution in [1.82, 2.24) is 14.8 Å². The SMILES string of the molecule is CCc1ccc(C(=O)N2C[C@@H]3C[C@H]2CN3[C@@H](C)c2ccc(O)c(C)c2C)cn1. The third-order valence-corrected chi connectivity index (χ3v) is 6.73. The Morgan fingerprint density at radius 1 is 1.18 bits per heavy atom. The van der Waals surface area contributed by atoms with Gasteiger partial charge >= 0.3 is 0 Å². The van der Waals surface area contributed by atoms with Gasteiger partial charge in [-0.2, -0.15) is 0 Å². The zero-order chi connectivity index (χ0) is 20.0. The fourth-order valence-electron chi connectivity index (χ4n) is 4.81. The van der Waals surface area contributed by atoms with Gasteiger partial charge in [-0.3, -0.25) is 14.7 Å². The van der Waals surface area contributed by atoms with Crippen molar-refractivity contribution in [2.45, 2.75) is 58.7 Å². The minimum absolute atomic E-state index is 0.103. The number of hydrogen-bond acceptors (Lipinski definition) is 4. The van der Waals surface area contributed by atoms with E-state index in [1.807, 2.05) is 30.0 Å². The molecule has 0 radical (unpaired) electrons. The minimum atomic E-state index is 0.103. The number of likely N-dealkylation sites (tertiary alicyclic amines) is 2. The van der Waals surface area contributed by atoms with Crippen LogP contribution in [0.5, 0.6) is 5.75 Å². The summed E-state index contributed by atoms with van der Waals surface area (Å²) in [5, 5.41) is 9.95. The normalized spacial score (nSPS) is 22.6. The van der Waals surface area contributed by atoms with Crippen LogP contribution in [0.25, 0.3) is 0 Å². The van der Waals surface area contributed by atoms with Crippen molar-refractivity contribution in [3.8, 4) is 5.75 Å². The first kappa shape index (κ1) is 18.9. The van der Waals surface area contributed by atoms with Gasteiger partial charge in [-0.15, -0.1) is 0 Å². The third kappa shape index (κ3) is 3.08. The number of rotatable bonds is 4. The van der Waals surface area contributed by atoms with Crippen LogP contribution in [0.2, 0.25) is 0 Å². The first-order chi connectivity index (χ1) is 13.4. The van der Waals surface area contributed by atoms with Crippen LogP contribution in [0.1, 0.15) is 59.1 Å². The van der Waals surface area contributed by atoms with Gasteiger partial charge in [-0.1, -0.05) is 13.0 Å². The Bertz CT molecular complexity index is 893. The van der Waals surface area contributed by atoms with E-state index in [0.717, 1.165) is 42.8 Å². The summed E-state index contributed by atoms with van der Waals surface area (Å²) in [6.45, 7) is 10.0. The van der Waals surface area contributed by atoms with Crippen LogP contribution >= 0.6 is 0 Å². The van der Waals surface area contributed by atoms with Crippen molar-refractivity contribution in [2.24, 2.45) is 0 Å². The van der Waals surface area contributed by atoms with Gasteiger partial charge in [0.15, 0.2) is 0 Å². The van der Waals surface area contributed by atoms with E-state index in [1.165, 1.54) is 5.56 Å². The highest BCUT2D eigenvalue weighted by Gasteiger charge is 2.47. The maximum atomic E-state index is 13.0. The molecular formula is C23H29N3O2. The van der Waals surface area contributed by atoms with Crippen LogP contribution in [-0.4, -0.2) is 51.0 Å². The van der Waals surface area contributed by atoms with Gasteiger partial charge in [-0.25, -0.2) is 0 Å². The average molecular weight is 380 g/mol. The molecule has 5 heteroatoms. The fourth-order valence-corrected chi connectivity index (χ4v) is 4.81. The number of carbonyl (C=O) groups excluding carboxylic acids is 1. The van der Waals surface area contributed by atoms with E-state index in [0.29, 0.717) is 17.4 Å². The van der Waals surface area contributed by atoms with E-state index in [1.54, 1.807) is 12.3 Å². The number of phenolic OH excluding ortho intramolecular Hbond substituents is 1. The highest BCUT2D eigenvalue weighted by molar-refractivity contribution is 5.94. The summed E-state index contributed by atoms with van der Waals surface area (Å²) in [6.07, 6.45) is 3.63. The molecule has 1 aromatic carbocycles. The van der Waals surface area contributed by atoms with Crippen molar-refractivity contribution in [1.29, 1.82) is 0 Å². The van der Waals surface area contributed by atoms with Crippen LogP contribution < -0.4 is 0 Å². The molecule has 0 aliphatic carbocycles. The van der Waals surface area contributed by atoms with Crippen molar-refractivity contribution in [3.63, 3.8) is 0 Å². The second-order valence-corrected chi connectivity index (χ2v) is 8.19. The van der Waals surface area contributed by atoms with Gasteiger partial charge in [0.1, 0.15) is 5.75 Å². The maximum Gasteiger partial charge on any atom is 0.255 e. The molecule has 0 saturated carbocycles. The molecule has 2 saturated heterocycles. The van der Waals surface area contributed by atoms with Crippen molar-refractivity contribution >= 4 is 5.91 Å². The molecule has 28 heavy (non-hydrogen) atoms. The van der Waals surface area contributed by atoms with Gasteiger partial charge in [0.25, 0.3) is 5.91 Å². The monoisotopic (exact) mass is 379 g/mol. The van der Waals surface area contributed by atoms with Crippen LogP contribution in [0.4, 0.5) is 0 Å². The number of piperazine rings is 1. The summed E-state index contributed by atoms with van der Waals surface area (Å²) >= 11 is 0. The van der Waals surface area contributed by atoms with Crippen LogP contribution in [0.15, 0.2) is 30.5 Å². The predicted molar refractivity (Wildman–Crippen MR) is 110 cm³/mol. The smallest absolute Gasteiger partial charge is 0.255 e. The number of aryl methyl sites for hydroxylation is 1. The second-order valence-electron chi connectivity index (χ2n) is 8.19. The second kappa shape index (κ2) is 7.21. The third-order valence-electron chi connectivity index (χ3n) is 6.73. The number of phenols is 1. The van der Waals surface area contributed by atoms with Crippen molar-refractivity contribution < 1.29 is 9.90 Å². The molecule has 2 aromatic rings. The van der Waals surface area contributed by atoms with Crippen LogP contribution in [-0.2, 0) is 6.42 Å². The molecule has 2 aliphatic rings. The number of fused-ring (bicyclic) bond motifs is 2. The first-order valence-corrected chi connectivity index (χ1v) is 10.2. The number of hydrogen-bond donors (Lipinski definition) is 1. The Kier molecular flexibility index (Phi) is 4.88. The summed E-state index contributed by atoms with van der Waals surface area (Å²) in [6, 6.07) is 8.63. The summed E-state index contributed by atoms with van der Waals surface area (Å²) in [5.74, 6) is 0.461. The van der Waals surface area contributed by atoms with Crippen LogP contribution in [0.3, 0.4) is 0 Å². The molecule has 1 N–H and O–H groups in total. The Balaban J connectivity index is 1.48. The van der Waals surface area contributed by atoms with Crippen LogP contribution in [0, 0.1) is 13.8 Å². The minimum Gasteiger partial charge on any atom is -0.508 e. The molecule has 1 aromatic heterocycles. The van der Waals surface area contributed by atoms with Gasteiger partial charge < -0.3 is 10.0 Å². The van der Waals surface area contributed by atoms with E-state index < -0.39 is 0 Å². The Labute approximate surface area is 167 Å². The summed E-state index contributed by atoms with van der Waals surface area (Å²) in [7, 11) is 0. The first-order valence-electron chi connectivity index (χ1n) is 10.2. The van der Waals surface area contributed by atoms with Gasteiger partial charge in [0.05, 0.1) is 5.56 Å². The lowest BCUT2D eigenvalue weighted by Crippen LogP contribution is -2.49. The molecule has 3 atom stereocenters. The summed E-state index contributed by atoms with van der Waals surface area (Å²) < 4.78 is 0. The highest BCUT2D eigenvalue weighted by atomic mass is 16.3. The Morgan fingerprint density at radius 3 is 2.57 bits per heavy atom. The van der Waals surface area contributed by atoms with E-state index in [9.17, 15) is 9.90 Å². The molecule has 0 unspecified atom stereocenters. The number of pyridine rings is 1. The standard InChI is InChI=1S/C23H29N3O2/c1-5-18-7-6-17(11-24-18)23(28)26-13-19-10-20(26)12-25(19)16(4)21-8-9-22(27)15(3)14(21)2/h6-9,11,16,19-20,27H,5,10,12-13H2,1-4H3/t16-,19-,20-/m0/s1. The van der Waals surface area contributed by atoms with E-state index in [-0.39, 0.29) is 18.0 Å². The molecule has 4 rings (SSSR count). The number of aromatic hydroxyl groups is 1. The highest BCUT2D eigenvalue weighted by Crippen LogP contribution is 2.39. The van der Waals surface area contributed by atoms with E-state index in [2.05, 4.69) is 30.7 Å². The summed E-state index contributed by atoms with van der Waals surface area (Å²) in [5.41, 5.74) is 5.08. The quantitative estimate of drug-likeness (QED) is 0.881. The van der Waals surface area contributed by atoms with E-state index in [4.69, 9.17) is 0 Å². The lowest BCUT2D eigenvalue weighted by Gasteiger charge is -2.38. The van der Waals surface area contributed by atoms with E-state index >= 15 is 0 Å². The predicted octanol–water partition coefficient (Wildman–Crippen LogP) is 3.63. The zero-order valence-electron chi connectivity index (χ0n) is 17.1. The molecule has 5 nitrogen and oxygen atoms in total. The fraction of sp³-hybridized carbons (Fsp3) is 0.478. The lowest BCUT2D eigenvalue weighted by atomic mass is 9.96. The van der Waals surface area contributed by atoms with Crippen molar-refractivity contribution in [3.05, 3.63) is 58.4 Å². The topological polar surface area (TPSA) is 56.7 Å². The molecule has 148 valence electrons. The molecule has 0 spiro atoms.